The van der Waals surface area contributed by atoms with Crippen molar-refractivity contribution < 1.29 is 9.59 Å². The van der Waals surface area contributed by atoms with Gasteiger partial charge in [-0.3, -0.25) is 19.6 Å². The van der Waals surface area contributed by atoms with Gasteiger partial charge in [0.1, 0.15) is 0 Å². The van der Waals surface area contributed by atoms with Crippen molar-refractivity contribution in [2.75, 3.05) is 26.2 Å². The van der Waals surface area contributed by atoms with Crippen LogP contribution in [-0.2, 0) is 0 Å². The molecule has 5 nitrogen and oxygen atoms in total. The van der Waals surface area contributed by atoms with Crippen LogP contribution in [-0.4, -0.2) is 49.2 Å². The van der Waals surface area contributed by atoms with E-state index in [1.807, 2.05) is 121 Å². The first-order valence-corrected chi connectivity index (χ1v) is 13.3. The van der Waals surface area contributed by atoms with Crippen molar-refractivity contribution in [3.63, 3.8) is 0 Å². The van der Waals surface area contributed by atoms with Gasteiger partial charge in [0.05, 0.1) is 25.9 Å². The highest BCUT2D eigenvalue weighted by molar-refractivity contribution is 6.16. The third kappa shape index (κ3) is 8.80. The predicted molar refractivity (Wildman–Crippen MR) is 159 cm³/mol. The fourth-order valence-corrected chi connectivity index (χ4v) is 4.18. The van der Waals surface area contributed by atoms with Gasteiger partial charge < -0.3 is 5.32 Å². The lowest BCUT2D eigenvalue weighted by Crippen LogP contribution is -2.22. The minimum atomic E-state index is 0.0546. The first-order valence-electron chi connectivity index (χ1n) is 13.3. The van der Waals surface area contributed by atoms with Crippen LogP contribution < -0.4 is 5.32 Å². The summed E-state index contributed by atoms with van der Waals surface area (Å²) in [7, 11) is 0. The molecule has 0 aromatic heterocycles. The number of nitrogens with one attached hydrogen (secondary N) is 1. The highest BCUT2D eigenvalue weighted by atomic mass is 16.1. The lowest BCUT2D eigenvalue weighted by Gasteiger charge is -2.09. The number of carbonyl (C=O) groups excluding carboxylic acids is 2. The molecular formula is C34H33N3O2. The molecule has 0 spiro atoms. The molecule has 0 aliphatic carbocycles. The maximum Gasteiger partial charge on any atom is 0.168 e. The molecule has 0 saturated heterocycles. The summed E-state index contributed by atoms with van der Waals surface area (Å²) in [6.45, 7) is 2.42. The molecule has 0 amide bonds. The molecule has 0 radical (unpaired) electrons. The van der Waals surface area contributed by atoms with Crippen molar-refractivity contribution in [2.24, 2.45) is 9.98 Å². The zero-order valence-corrected chi connectivity index (χ0v) is 22.0. The molecule has 4 aromatic carbocycles. The third-order valence-electron chi connectivity index (χ3n) is 6.24. The molecule has 4 rings (SSSR count). The lowest BCUT2D eigenvalue weighted by molar-refractivity contribution is 0.0992. The van der Waals surface area contributed by atoms with Gasteiger partial charge in [-0.15, -0.1) is 0 Å². The van der Waals surface area contributed by atoms with Crippen LogP contribution in [0.2, 0.25) is 0 Å². The second-order valence-electron chi connectivity index (χ2n) is 9.07. The molecule has 0 bridgehead atoms. The van der Waals surface area contributed by atoms with Gasteiger partial charge >= 0.3 is 0 Å². The van der Waals surface area contributed by atoms with E-state index in [0.717, 1.165) is 22.6 Å². The average Bonchev–Trinajstić information content (AvgIpc) is 3.01. The van der Waals surface area contributed by atoms with Crippen LogP contribution in [0.3, 0.4) is 0 Å². The zero-order valence-electron chi connectivity index (χ0n) is 22.0. The maximum atomic E-state index is 12.8. The summed E-state index contributed by atoms with van der Waals surface area (Å²) in [5.41, 5.74) is 4.88. The van der Waals surface area contributed by atoms with E-state index in [1.54, 1.807) is 0 Å². The molecule has 0 fully saturated rings. The van der Waals surface area contributed by atoms with Crippen molar-refractivity contribution in [3.8, 4) is 0 Å². The predicted octanol–water partition coefficient (Wildman–Crippen LogP) is 6.10. The minimum Gasteiger partial charge on any atom is -0.313 e. The molecule has 5 heteroatoms. The number of ketones is 2. The Morgan fingerprint density at radius 3 is 1.10 bits per heavy atom. The normalized spacial score (nSPS) is 11.8. The van der Waals surface area contributed by atoms with Gasteiger partial charge in [-0.25, -0.2) is 0 Å². The van der Waals surface area contributed by atoms with Crippen LogP contribution in [0.25, 0.3) is 0 Å². The van der Waals surface area contributed by atoms with Gasteiger partial charge in [0.25, 0.3) is 0 Å². The van der Waals surface area contributed by atoms with Crippen LogP contribution in [0.5, 0.6) is 0 Å². The van der Waals surface area contributed by atoms with Gasteiger partial charge in [-0.2, -0.15) is 0 Å². The van der Waals surface area contributed by atoms with E-state index >= 15 is 0 Å². The largest absolute Gasteiger partial charge is 0.313 e. The molecule has 0 aliphatic heterocycles. The highest BCUT2D eigenvalue weighted by Gasteiger charge is 2.13. The van der Waals surface area contributed by atoms with Crippen molar-refractivity contribution >= 4 is 23.0 Å². The Labute approximate surface area is 230 Å². The number of hydrogen-bond donors (Lipinski definition) is 1. The number of hydrogen-bond acceptors (Lipinski definition) is 5. The number of carbonyl (C=O) groups is 2. The van der Waals surface area contributed by atoms with Crippen molar-refractivity contribution in [1.29, 1.82) is 0 Å². The van der Waals surface area contributed by atoms with Crippen molar-refractivity contribution in [2.45, 2.75) is 12.8 Å². The summed E-state index contributed by atoms with van der Waals surface area (Å²) in [5, 5.41) is 3.39. The van der Waals surface area contributed by atoms with Crippen LogP contribution >= 0.6 is 0 Å². The van der Waals surface area contributed by atoms with E-state index in [9.17, 15) is 9.59 Å². The van der Waals surface area contributed by atoms with Crippen LogP contribution in [0.4, 0.5) is 0 Å². The molecule has 0 unspecified atom stereocenters. The fourth-order valence-electron chi connectivity index (χ4n) is 4.18. The number of rotatable bonds is 14. The molecular weight excluding hydrogens is 482 g/mol. The Morgan fingerprint density at radius 2 is 0.769 bits per heavy atom. The molecule has 0 aliphatic rings. The van der Waals surface area contributed by atoms with Crippen molar-refractivity contribution in [3.05, 3.63) is 144 Å². The SMILES string of the molecule is O=C(CC(=NCCNCCN=C(CC(=O)c1ccccc1)c1ccccc1)c1ccccc1)c1ccccc1. The smallest absolute Gasteiger partial charge is 0.168 e. The van der Waals surface area contributed by atoms with Gasteiger partial charge in [0, 0.05) is 35.6 Å². The number of aliphatic imine (C=N–C) groups is 2. The standard InChI is InChI=1S/C34H33N3O2/c38-33(29-17-9-3-10-18-29)25-31(27-13-5-1-6-14-27)36-23-21-35-22-24-37-32(28-15-7-2-8-16-28)26-34(39)30-19-11-4-12-20-30/h1-20,35H,21-26H2. The van der Waals surface area contributed by atoms with Gasteiger partial charge in [0.2, 0.25) is 0 Å². The summed E-state index contributed by atoms with van der Waals surface area (Å²) in [6.07, 6.45) is 0.516. The van der Waals surface area contributed by atoms with E-state index in [0.29, 0.717) is 37.3 Å². The van der Waals surface area contributed by atoms with Gasteiger partial charge in [0.15, 0.2) is 11.6 Å². The number of nitrogens with zero attached hydrogens (tertiary/aromatic N) is 2. The molecule has 1 N–H and O–H groups in total. The Hall–Kier alpha value is -4.48. The first kappa shape index (κ1) is 27.6. The monoisotopic (exact) mass is 515 g/mol. The van der Waals surface area contributed by atoms with Gasteiger partial charge in [-0.1, -0.05) is 121 Å². The Balaban J connectivity index is 1.33. The Morgan fingerprint density at radius 1 is 0.462 bits per heavy atom. The lowest BCUT2D eigenvalue weighted by atomic mass is 10.0. The second kappa shape index (κ2) is 15.1. The summed E-state index contributed by atoms with van der Waals surface area (Å²) in [4.78, 5) is 35.2. The third-order valence-corrected chi connectivity index (χ3v) is 6.24. The Kier molecular flexibility index (Phi) is 10.6. The maximum absolute atomic E-state index is 12.8. The molecule has 196 valence electrons. The fraction of sp³-hybridized carbons (Fsp3) is 0.176. The van der Waals surface area contributed by atoms with Crippen LogP contribution in [0.15, 0.2) is 131 Å². The second-order valence-corrected chi connectivity index (χ2v) is 9.07. The first-order chi connectivity index (χ1) is 19.2. The molecule has 0 heterocycles. The van der Waals surface area contributed by atoms with Crippen LogP contribution in [0.1, 0.15) is 44.7 Å². The summed E-state index contributed by atoms with van der Waals surface area (Å²) in [5.74, 6) is 0.109. The topological polar surface area (TPSA) is 70.9 Å². The summed E-state index contributed by atoms with van der Waals surface area (Å²) < 4.78 is 0. The average molecular weight is 516 g/mol. The van der Waals surface area contributed by atoms with Crippen molar-refractivity contribution in [1.82, 2.24) is 5.32 Å². The van der Waals surface area contributed by atoms with E-state index < -0.39 is 0 Å². The van der Waals surface area contributed by atoms with E-state index in [2.05, 4.69) is 5.32 Å². The van der Waals surface area contributed by atoms with E-state index in [4.69, 9.17) is 9.98 Å². The van der Waals surface area contributed by atoms with E-state index in [-0.39, 0.29) is 24.4 Å². The quantitative estimate of drug-likeness (QED) is 0.125. The molecule has 0 saturated carbocycles. The number of Topliss-reactive ketones (excluding diaryl/α,β-unsaturated/α-hetero) is 2. The Bertz CT molecular complexity index is 1270. The van der Waals surface area contributed by atoms with Gasteiger partial charge in [-0.05, 0) is 11.1 Å². The zero-order chi connectivity index (χ0) is 27.1. The molecule has 0 atom stereocenters. The highest BCUT2D eigenvalue weighted by Crippen LogP contribution is 2.11. The summed E-state index contributed by atoms with van der Waals surface area (Å²) >= 11 is 0. The van der Waals surface area contributed by atoms with E-state index in [1.165, 1.54) is 0 Å². The minimum absolute atomic E-state index is 0.0546. The summed E-state index contributed by atoms with van der Waals surface area (Å²) in [6, 6.07) is 38.4. The molecule has 4 aromatic rings. The number of benzene rings is 4. The molecule has 39 heavy (non-hydrogen) atoms. The van der Waals surface area contributed by atoms with Crippen LogP contribution in [0, 0.1) is 0 Å².